The molecule has 1 aromatic heterocycles. The highest BCUT2D eigenvalue weighted by atomic mass is 16.1. The van der Waals surface area contributed by atoms with Gasteiger partial charge in [0.25, 0.3) is 0 Å². The quantitative estimate of drug-likeness (QED) is 0.822. The van der Waals surface area contributed by atoms with E-state index in [0.717, 1.165) is 35.2 Å². The lowest BCUT2D eigenvalue weighted by atomic mass is 9.78. The molecule has 0 amide bonds. The van der Waals surface area contributed by atoms with E-state index in [2.05, 4.69) is 18.0 Å². The fourth-order valence-corrected chi connectivity index (χ4v) is 3.53. The maximum Gasteiger partial charge on any atom is 0.140 e. The van der Waals surface area contributed by atoms with E-state index in [9.17, 15) is 4.79 Å². The van der Waals surface area contributed by atoms with Crippen LogP contribution in [0.15, 0.2) is 36.5 Å². The molecule has 0 saturated heterocycles. The van der Waals surface area contributed by atoms with Gasteiger partial charge in [-0.2, -0.15) is 0 Å². The minimum Gasteiger partial charge on any atom is -0.299 e. The number of Topliss-reactive ketones (excluding diaryl/α,β-unsaturated/α-hetero) is 1. The molecule has 0 aliphatic heterocycles. The number of nitrogens with zero attached hydrogens (tertiary/aromatic N) is 1. The second-order valence-corrected chi connectivity index (χ2v) is 6.26. The molecule has 2 heteroatoms. The lowest BCUT2D eigenvalue weighted by Crippen LogP contribution is -2.23. The van der Waals surface area contributed by atoms with Gasteiger partial charge in [0, 0.05) is 23.9 Å². The number of hydrogen-bond acceptors (Lipinski definition) is 2. The van der Waals surface area contributed by atoms with Gasteiger partial charge in [0.2, 0.25) is 0 Å². The Bertz CT molecular complexity index is 621. The monoisotopic (exact) mass is 281 g/mol. The Morgan fingerprint density at radius 2 is 1.90 bits per heavy atom. The molecule has 21 heavy (non-hydrogen) atoms. The largest absolute Gasteiger partial charge is 0.299 e. The van der Waals surface area contributed by atoms with Crippen LogP contribution in [-0.2, 0) is 11.2 Å². The third kappa shape index (κ3) is 3.15. The zero-order valence-corrected chi connectivity index (χ0v) is 12.7. The van der Waals surface area contributed by atoms with Gasteiger partial charge in [0.05, 0.1) is 5.52 Å². The maximum atomic E-state index is 12.6. The number of pyridine rings is 1. The first-order valence-electron chi connectivity index (χ1n) is 8.13. The summed E-state index contributed by atoms with van der Waals surface area (Å²) in [6.45, 7) is 2.26. The Hall–Kier alpha value is -1.70. The zero-order chi connectivity index (χ0) is 14.7. The molecule has 1 saturated carbocycles. The van der Waals surface area contributed by atoms with E-state index in [0.29, 0.717) is 12.2 Å². The van der Waals surface area contributed by atoms with Gasteiger partial charge >= 0.3 is 0 Å². The van der Waals surface area contributed by atoms with Gasteiger partial charge in [-0.1, -0.05) is 31.5 Å². The molecule has 0 atom stereocenters. The van der Waals surface area contributed by atoms with Crippen molar-refractivity contribution in [2.75, 3.05) is 0 Å². The van der Waals surface area contributed by atoms with Crippen molar-refractivity contribution in [2.45, 2.75) is 45.4 Å². The van der Waals surface area contributed by atoms with Gasteiger partial charge in [0.15, 0.2) is 0 Å². The van der Waals surface area contributed by atoms with E-state index in [1.54, 1.807) is 0 Å². The summed E-state index contributed by atoms with van der Waals surface area (Å²) in [5, 5.41) is 1.12. The van der Waals surface area contributed by atoms with E-state index < -0.39 is 0 Å². The van der Waals surface area contributed by atoms with Crippen molar-refractivity contribution < 1.29 is 4.79 Å². The molecule has 2 aromatic rings. The van der Waals surface area contributed by atoms with Gasteiger partial charge in [-0.25, -0.2) is 0 Å². The summed E-state index contributed by atoms with van der Waals surface area (Å²) >= 11 is 0. The first-order valence-corrected chi connectivity index (χ1v) is 8.13. The van der Waals surface area contributed by atoms with Crippen LogP contribution in [0.2, 0.25) is 0 Å². The number of benzene rings is 1. The minimum atomic E-state index is 0.278. The second kappa shape index (κ2) is 6.38. The molecule has 0 unspecified atom stereocenters. The van der Waals surface area contributed by atoms with E-state index in [4.69, 9.17) is 0 Å². The van der Waals surface area contributed by atoms with Crippen molar-refractivity contribution in [3.8, 4) is 0 Å². The van der Waals surface area contributed by atoms with Crippen LogP contribution in [-0.4, -0.2) is 10.8 Å². The average molecular weight is 281 g/mol. The number of ketones is 1. The fourth-order valence-electron chi connectivity index (χ4n) is 3.53. The van der Waals surface area contributed by atoms with Crippen molar-refractivity contribution in [3.63, 3.8) is 0 Å². The summed E-state index contributed by atoms with van der Waals surface area (Å²) in [7, 11) is 0. The SMILES string of the molecule is CCC1CCC(C(=O)Cc2ccnc3ccccc23)CC1. The van der Waals surface area contributed by atoms with Gasteiger partial charge in [-0.05, 0) is 49.3 Å². The zero-order valence-electron chi connectivity index (χ0n) is 12.7. The summed E-state index contributed by atoms with van der Waals surface area (Å²) in [6.07, 6.45) is 8.26. The lowest BCUT2D eigenvalue weighted by Gasteiger charge is -2.26. The highest BCUT2D eigenvalue weighted by Gasteiger charge is 2.25. The van der Waals surface area contributed by atoms with Crippen molar-refractivity contribution in [3.05, 3.63) is 42.1 Å². The smallest absolute Gasteiger partial charge is 0.140 e. The molecule has 2 nitrogen and oxygen atoms in total. The van der Waals surface area contributed by atoms with E-state index >= 15 is 0 Å². The maximum absolute atomic E-state index is 12.6. The van der Waals surface area contributed by atoms with E-state index in [1.165, 1.54) is 19.3 Å². The predicted molar refractivity (Wildman–Crippen MR) is 86.2 cm³/mol. The normalized spacial score (nSPS) is 22.3. The molecule has 0 spiro atoms. The van der Waals surface area contributed by atoms with Crippen LogP contribution in [0, 0.1) is 11.8 Å². The number of fused-ring (bicyclic) bond motifs is 1. The Morgan fingerprint density at radius 1 is 1.14 bits per heavy atom. The van der Waals surface area contributed by atoms with Crippen LogP contribution in [0.1, 0.15) is 44.6 Å². The summed E-state index contributed by atoms with van der Waals surface area (Å²) in [5.41, 5.74) is 2.11. The Morgan fingerprint density at radius 3 is 2.67 bits per heavy atom. The average Bonchev–Trinajstić information content (AvgIpc) is 2.55. The van der Waals surface area contributed by atoms with Crippen LogP contribution < -0.4 is 0 Å². The molecule has 0 bridgehead atoms. The molecule has 0 N–H and O–H groups in total. The minimum absolute atomic E-state index is 0.278. The first-order chi connectivity index (χ1) is 10.3. The highest BCUT2D eigenvalue weighted by molar-refractivity contribution is 5.89. The topological polar surface area (TPSA) is 30.0 Å². The van der Waals surface area contributed by atoms with Crippen molar-refractivity contribution in [1.29, 1.82) is 0 Å². The van der Waals surface area contributed by atoms with Gasteiger partial charge < -0.3 is 0 Å². The highest BCUT2D eigenvalue weighted by Crippen LogP contribution is 2.32. The molecule has 3 rings (SSSR count). The second-order valence-electron chi connectivity index (χ2n) is 6.26. The first kappa shape index (κ1) is 14.2. The predicted octanol–water partition coefficient (Wildman–Crippen LogP) is 4.56. The van der Waals surface area contributed by atoms with Gasteiger partial charge in [-0.15, -0.1) is 0 Å². The molecule has 110 valence electrons. The summed E-state index contributed by atoms with van der Waals surface area (Å²) < 4.78 is 0. The molecule has 1 fully saturated rings. The van der Waals surface area contributed by atoms with Crippen molar-refractivity contribution in [2.24, 2.45) is 11.8 Å². The standard InChI is InChI=1S/C19H23NO/c1-2-14-7-9-15(10-8-14)19(21)13-16-11-12-20-18-6-4-3-5-17(16)18/h3-6,11-12,14-15H,2,7-10,13H2,1H3. The third-order valence-corrected chi connectivity index (χ3v) is 4.98. The van der Waals surface area contributed by atoms with Crippen LogP contribution in [0.4, 0.5) is 0 Å². The number of para-hydroxylation sites is 1. The number of hydrogen-bond donors (Lipinski definition) is 0. The fraction of sp³-hybridized carbons (Fsp3) is 0.474. The van der Waals surface area contributed by atoms with Gasteiger partial charge in [-0.3, -0.25) is 9.78 Å². The number of carbonyl (C=O) groups excluding carboxylic acids is 1. The summed E-state index contributed by atoms with van der Waals surface area (Å²) in [4.78, 5) is 17.0. The van der Waals surface area contributed by atoms with Crippen LogP contribution >= 0.6 is 0 Å². The third-order valence-electron chi connectivity index (χ3n) is 4.98. The number of aromatic nitrogens is 1. The van der Waals surface area contributed by atoms with Crippen LogP contribution in [0.25, 0.3) is 10.9 Å². The van der Waals surface area contributed by atoms with E-state index in [1.807, 2.05) is 30.5 Å². The van der Waals surface area contributed by atoms with Crippen molar-refractivity contribution >= 4 is 16.7 Å². The Balaban J connectivity index is 1.72. The van der Waals surface area contributed by atoms with Crippen molar-refractivity contribution in [1.82, 2.24) is 4.98 Å². The van der Waals surface area contributed by atoms with Crippen LogP contribution in [0.5, 0.6) is 0 Å². The van der Waals surface area contributed by atoms with Gasteiger partial charge in [0.1, 0.15) is 5.78 Å². The Labute approximate surface area is 126 Å². The molecule has 1 heterocycles. The molecule has 1 aliphatic rings. The molecule has 1 aromatic carbocycles. The molecule has 0 radical (unpaired) electrons. The Kier molecular flexibility index (Phi) is 4.33. The molecular weight excluding hydrogens is 258 g/mol. The number of carbonyl (C=O) groups is 1. The van der Waals surface area contributed by atoms with Crippen LogP contribution in [0.3, 0.4) is 0 Å². The van der Waals surface area contributed by atoms with E-state index in [-0.39, 0.29) is 5.92 Å². The molecular formula is C19H23NO. The lowest BCUT2D eigenvalue weighted by molar-refractivity contribution is -0.123. The summed E-state index contributed by atoms with van der Waals surface area (Å²) in [5.74, 6) is 1.54. The summed E-state index contributed by atoms with van der Waals surface area (Å²) in [6, 6.07) is 10.1. The molecule has 1 aliphatic carbocycles. The number of rotatable bonds is 4.